The zero-order valence-corrected chi connectivity index (χ0v) is 8.75. The van der Waals surface area contributed by atoms with Crippen LogP contribution in [0.2, 0.25) is 0 Å². The van der Waals surface area contributed by atoms with Gasteiger partial charge in [0.2, 0.25) is 5.91 Å². The molecule has 0 aromatic carbocycles. The first-order chi connectivity index (χ1) is 5.36. The molecule has 0 spiro atoms. The minimum Gasteiger partial charge on any atom is -0.366 e. The highest BCUT2D eigenvalue weighted by atomic mass is 35.5. The van der Waals surface area contributed by atoms with Crippen LogP contribution in [0.4, 0.5) is 0 Å². The van der Waals surface area contributed by atoms with Gasteiger partial charge in [0.1, 0.15) is 6.61 Å². The van der Waals surface area contributed by atoms with E-state index in [1.54, 1.807) is 0 Å². The summed E-state index contributed by atoms with van der Waals surface area (Å²) in [6.45, 7) is 2.08. The SMILES string of the molecule is Cl.Cl.O=C1COC2CCNCC2N1. The van der Waals surface area contributed by atoms with E-state index in [2.05, 4.69) is 10.6 Å². The van der Waals surface area contributed by atoms with Gasteiger partial charge in [-0.3, -0.25) is 4.79 Å². The number of morpholine rings is 1. The number of carbonyl (C=O) groups excluding carboxylic acids is 1. The maximum atomic E-state index is 10.9. The molecule has 1 amide bonds. The van der Waals surface area contributed by atoms with Crippen LogP contribution in [0.15, 0.2) is 0 Å². The summed E-state index contributed by atoms with van der Waals surface area (Å²) in [5.74, 6) is 0.00921. The van der Waals surface area contributed by atoms with E-state index in [9.17, 15) is 4.79 Å². The third-order valence-electron chi connectivity index (χ3n) is 2.19. The molecule has 2 aliphatic heterocycles. The Hall–Kier alpha value is -0.0300. The van der Waals surface area contributed by atoms with Crippen LogP contribution >= 0.6 is 24.8 Å². The number of ether oxygens (including phenoxy) is 1. The Balaban J connectivity index is 0.000000720. The smallest absolute Gasteiger partial charge is 0.246 e. The van der Waals surface area contributed by atoms with Gasteiger partial charge in [-0.2, -0.15) is 0 Å². The van der Waals surface area contributed by atoms with Crippen molar-refractivity contribution in [2.75, 3.05) is 19.7 Å². The van der Waals surface area contributed by atoms with E-state index in [0.717, 1.165) is 19.5 Å². The Morgan fingerprint density at radius 1 is 1.38 bits per heavy atom. The number of hydrogen-bond acceptors (Lipinski definition) is 3. The van der Waals surface area contributed by atoms with Crippen molar-refractivity contribution in [1.29, 1.82) is 0 Å². The largest absolute Gasteiger partial charge is 0.366 e. The number of hydrogen-bond donors (Lipinski definition) is 2. The molecule has 2 rings (SSSR count). The fourth-order valence-corrected chi connectivity index (χ4v) is 1.61. The van der Waals surface area contributed by atoms with Gasteiger partial charge in [-0.25, -0.2) is 0 Å². The summed E-state index contributed by atoms with van der Waals surface area (Å²) in [6.07, 6.45) is 1.25. The predicted molar refractivity (Wildman–Crippen MR) is 53.7 cm³/mol. The minimum atomic E-state index is 0. The molecule has 0 aromatic heterocycles. The van der Waals surface area contributed by atoms with E-state index >= 15 is 0 Å². The van der Waals surface area contributed by atoms with Crippen LogP contribution < -0.4 is 10.6 Å². The van der Waals surface area contributed by atoms with E-state index < -0.39 is 0 Å². The molecule has 6 heteroatoms. The molecule has 0 aliphatic carbocycles. The highest BCUT2D eigenvalue weighted by molar-refractivity contribution is 5.85. The Morgan fingerprint density at radius 2 is 2.15 bits per heavy atom. The monoisotopic (exact) mass is 228 g/mol. The van der Waals surface area contributed by atoms with Gasteiger partial charge in [0.05, 0.1) is 12.1 Å². The number of halogens is 2. The summed E-state index contributed by atoms with van der Waals surface area (Å²) in [6, 6.07) is 0.199. The second kappa shape index (κ2) is 5.65. The maximum absolute atomic E-state index is 10.9. The summed E-state index contributed by atoms with van der Waals surface area (Å²) in [7, 11) is 0. The highest BCUT2D eigenvalue weighted by Crippen LogP contribution is 2.11. The average Bonchev–Trinajstić information content (AvgIpc) is 2.04. The van der Waals surface area contributed by atoms with Crippen molar-refractivity contribution >= 4 is 30.7 Å². The molecule has 0 aromatic rings. The van der Waals surface area contributed by atoms with Crippen LogP contribution in [0, 0.1) is 0 Å². The summed E-state index contributed by atoms with van der Waals surface area (Å²) < 4.78 is 5.34. The molecule has 0 bridgehead atoms. The van der Waals surface area contributed by atoms with Crippen LogP contribution in [-0.4, -0.2) is 37.7 Å². The molecule has 78 valence electrons. The lowest BCUT2D eigenvalue weighted by molar-refractivity contribution is -0.138. The quantitative estimate of drug-likeness (QED) is 0.600. The molecule has 2 aliphatic rings. The summed E-state index contributed by atoms with van der Waals surface area (Å²) in [5.41, 5.74) is 0. The van der Waals surface area contributed by atoms with Gasteiger partial charge in [0.15, 0.2) is 0 Å². The lowest BCUT2D eigenvalue weighted by Crippen LogP contribution is -2.59. The molecule has 0 saturated carbocycles. The topological polar surface area (TPSA) is 50.4 Å². The van der Waals surface area contributed by atoms with Crippen LogP contribution in [0.5, 0.6) is 0 Å². The van der Waals surface area contributed by atoms with Gasteiger partial charge >= 0.3 is 0 Å². The third-order valence-corrected chi connectivity index (χ3v) is 2.19. The van der Waals surface area contributed by atoms with Crippen molar-refractivity contribution in [3.05, 3.63) is 0 Å². The van der Waals surface area contributed by atoms with E-state index in [0.29, 0.717) is 0 Å². The molecule has 2 atom stereocenters. The van der Waals surface area contributed by atoms with Crippen molar-refractivity contribution in [2.24, 2.45) is 0 Å². The fraction of sp³-hybridized carbons (Fsp3) is 0.857. The Kier molecular flexibility index (Phi) is 5.64. The second-order valence-electron chi connectivity index (χ2n) is 3.02. The van der Waals surface area contributed by atoms with Crippen molar-refractivity contribution in [2.45, 2.75) is 18.6 Å². The Bertz CT molecular complexity index is 180. The summed E-state index contributed by atoms with van der Waals surface area (Å²) in [4.78, 5) is 10.9. The molecule has 13 heavy (non-hydrogen) atoms. The molecule has 2 unspecified atom stereocenters. The molecule has 2 heterocycles. The van der Waals surface area contributed by atoms with Gasteiger partial charge in [-0.15, -0.1) is 24.8 Å². The molecule has 4 nitrogen and oxygen atoms in total. The molecule has 2 saturated heterocycles. The lowest BCUT2D eigenvalue weighted by atomic mass is 10.0. The van der Waals surface area contributed by atoms with E-state index in [1.165, 1.54) is 0 Å². The zero-order valence-electron chi connectivity index (χ0n) is 7.12. The number of rotatable bonds is 0. The number of amides is 1. The summed E-state index contributed by atoms with van der Waals surface area (Å²) in [5, 5.41) is 6.10. The van der Waals surface area contributed by atoms with Crippen molar-refractivity contribution in [1.82, 2.24) is 10.6 Å². The van der Waals surface area contributed by atoms with Gasteiger partial charge in [0, 0.05) is 6.54 Å². The molecular weight excluding hydrogens is 215 g/mol. The zero-order chi connectivity index (χ0) is 7.68. The van der Waals surface area contributed by atoms with E-state index in [1.807, 2.05) is 0 Å². The Labute approximate surface area is 89.6 Å². The van der Waals surface area contributed by atoms with Crippen LogP contribution in [-0.2, 0) is 9.53 Å². The lowest BCUT2D eigenvalue weighted by Gasteiger charge is -2.35. The van der Waals surface area contributed by atoms with Crippen molar-refractivity contribution < 1.29 is 9.53 Å². The predicted octanol–water partition coefficient (Wildman–Crippen LogP) is -0.293. The van der Waals surface area contributed by atoms with Crippen LogP contribution in [0.3, 0.4) is 0 Å². The molecule has 0 radical (unpaired) electrons. The highest BCUT2D eigenvalue weighted by Gasteiger charge is 2.31. The standard InChI is InChI=1S/C7H12N2O2.2ClH/c10-7-4-11-6-1-2-8-3-5(6)9-7;;/h5-6,8H,1-4H2,(H,9,10);2*1H. The van der Waals surface area contributed by atoms with Crippen LogP contribution in [0.25, 0.3) is 0 Å². The average molecular weight is 229 g/mol. The normalized spacial score (nSPS) is 31.8. The van der Waals surface area contributed by atoms with E-state index in [4.69, 9.17) is 4.74 Å². The number of nitrogens with one attached hydrogen (secondary N) is 2. The van der Waals surface area contributed by atoms with Crippen molar-refractivity contribution in [3.63, 3.8) is 0 Å². The first-order valence-electron chi connectivity index (χ1n) is 3.98. The molecule has 2 fully saturated rings. The minimum absolute atomic E-state index is 0. The number of piperidine rings is 1. The first-order valence-corrected chi connectivity index (χ1v) is 3.98. The first kappa shape index (κ1) is 13.0. The van der Waals surface area contributed by atoms with Gasteiger partial charge in [0.25, 0.3) is 0 Å². The maximum Gasteiger partial charge on any atom is 0.246 e. The fourth-order valence-electron chi connectivity index (χ4n) is 1.61. The second-order valence-corrected chi connectivity index (χ2v) is 3.02. The van der Waals surface area contributed by atoms with Gasteiger partial charge < -0.3 is 15.4 Å². The van der Waals surface area contributed by atoms with E-state index in [-0.39, 0.29) is 49.5 Å². The molecular formula is C7H14Cl2N2O2. The Morgan fingerprint density at radius 3 is 2.92 bits per heavy atom. The van der Waals surface area contributed by atoms with Gasteiger partial charge in [-0.05, 0) is 13.0 Å². The third kappa shape index (κ3) is 2.98. The van der Waals surface area contributed by atoms with Gasteiger partial charge in [-0.1, -0.05) is 0 Å². The summed E-state index contributed by atoms with van der Waals surface area (Å²) >= 11 is 0. The van der Waals surface area contributed by atoms with Crippen molar-refractivity contribution in [3.8, 4) is 0 Å². The number of fused-ring (bicyclic) bond motifs is 1. The molecule has 2 N–H and O–H groups in total. The van der Waals surface area contributed by atoms with Crippen LogP contribution in [0.1, 0.15) is 6.42 Å². The number of carbonyl (C=O) groups is 1.